The monoisotopic (exact) mass is 274 g/mol. The van der Waals surface area contributed by atoms with Crippen LogP contribution in [0.25, 0.3) is 0 Å². The first-order valence-corrected chi connectivity index (χ1v) is 7.64. The van der Waals surface area contributed by atoms with E-state index in [0.29, 0.717) is 5.92 Å². The van der Waals surface area contributed by atoms with Crippen LogP contribution in [0.2, 0.25) is 0 Å². The first kappa shape index (κ1) is 15.0. The molecule has 1 amide bonds. The van der Waals surface area contributed by atoms with Gasteiger partial charge < -0.3 is 11.1 Å². The molecule has 1 aliphatic carbocycles. The maximum absolute atomic E-state index is 12.4. The van der Waals surface area contributed by atoms with Crippen LogP contribution < -0.4 is 11.1 Å². The summed E-state index contributed by atoms with van der Waals surface area (Å²) in [7, 11) is 0. The van der Waals surface area contributed by atoms with Crippen LogP contribution in [0.5, 0.6) is 0 Å². The minimum Gasteiger partial charge on any atom is -0.327 e. The molecule has 1 aliphatic rings. The van der Waals surface area contributed by atoms with Crippen molar-refractivity contribution in [1.82, 2.24) is 0 Å². The number of nitrogens with two attached hydrogens (primary N) is 1. The summed E-state index contributed by atoms with van der Waals surface area (Å²) in [5.41, 5.74) is 7.85. The zero-order valence-corrected chi connectivity index (χ0v) is 12.8. The highest BCUT2D eigenvalue weighted by molar-refractivity contribution is 5.95. The molecule has 2 rings (SSSR count). The van der Waals surface area contributed by atoms with Crippen molar-refractivity contribution in [2.24, 2.45) is 11.1 Å². The Kier molecular flexibility index (Phi) is 4.48. The SMILES string of the molecule is CCC(C)c1ccc(NC(=O)C2(C)CCCC2N)cc1. The molecule has 1 aromatic carbocycles. The van der Waals surface area contributed by atoms with E-state index in [1.165, 1.54) is 5.56 Å². The van der Waals surface area contributed by atoms with E-state index in [2.05, 4.69) is 31.3 Å². The van der Waals surface area contributed by atoms with E-state index in [-0.39, 0.29) is 11.9 Å². The number of benzene rings is 1. The molecule has 3 heteroatoms. The third-order valence-corrected chi connectivity index (χ3v) is 4.90. The number of nitrogens with one attached hydrogen (secondary N) is 1. The van der Waals surface area contributed by atoms with Gasteiger partial charge in [0.25, 0.3) is 0 Å². The lowest BCUT2D eigenvalue weighted by Gasteiger charge is -2.27. The Hall–Kier alpha value is -1.35. The lowest BCUT2D eigenvalue weighted by atomic mass is 9.84. The average molecular weight is 274 g/mol. The molecule has 0 aromatic heterocycles. The van der Waals surface area contributed by atoms with Gasteiger partial charge in [0.1, 0.15) is 0 Å². The topological polar surface area (TPSA) is 55.1 Å². The van der Waals surface area contributed by atoms with Crippen molar-refractivity contribution < 1.29 is 4.79 Å². The average Bonchev–Trinajstić information content (AvgIpc) is 2.80. The molecule has 0 saturated heterocycles. The molecule has 3 unspecified atom stereocenters. The van der Waals surface area contributed by atoms with Gasteiger partial charge in [-0.1, -0.05) is 32.4 Å². The number of hydrogen-bond donors (Lipinski definition) is 2. The fraction of sp³-hybridized carbons (Fsp3) is 0.588. The van der Waals surface area contributed by atoms with Crippen molar-refractivity contribution in [3.8, 4) is 0 Å². The highest BCUT2D eigenvalue weighted by Crippen LogP contribution is 2.37. The molecule has 110 valence electrons. The standard InChI is InChI=1S/C17H26N2O/c1-4-12(2)13-7-9-14(10-8-13)19-16(20)17(3)11-5-6-15(17)18/h7-10,12,15H,4-6,11,18H2,1-3H3,(H,19,20). The first-order chi connectivity index (χ1) is 9.47. The molecule has 20 heavy (non-hydrogen) atoms. The Bertz CT molecular complexity index is 468. The van der Waals surface area contributed by atoms with Gasteiger partial charge >= 0.3 is 0 Å². The van der Waals surface area contributed by atoms with E-state index in [9.17, 15) is 4.79 Å². The third kappa shape index (κ3) is 2.88. The molecule has 3 atom stereocenters. The summed E-state index contributed by atoms with van der Waals surface area (Å²) in [4.78, 5) is 12.4. The Morgan fingerprint density at radius 3 is 2.60 bits per heavy atom. The molecule has 0 aliphatic heterocycles. The maximum atomic E-state index is 12.4. The Balaban J connectivity index is 2.05. The largest absolute Gasteiger partial charge is 0.327 e. The van der Waals surface area contributed by atoms with E-state index in [0.717, 1.165) is 31.4 Å². The van der Waals surface area contributed by atoms with Crippen LogP contribution in [0, 0.1) is 5.41 Å². The number of carbonyl (C=O) groups excluding carboxylic acids is 1. The molecule has 0 heterocycles. The smallest absolute Gasteiger partial charge is 0.231 e. The van der Waals surface area contributed by atoms with Gasteiger partial charge in [-0.05, 0) is 49.8 Å². The van der Waals surface area contributed by atoms with Gasteiger partial charge in [-0.3, -0.25) is 4.79 Å². The van der Waals surface area contributed by atoms with Crippen molar-refractivity contribution >= 4 is 11.6 Å². The first-order valence-electron chi connectivity index (χ1n) is 7.64. The van der Waals surface area contributed by atoms with E-state index in [1.807, 2.05) is 19.1 Å². The van der Waals surface area contributed by atoms with E-state index >= 15 is 0 Å². The highest BCUT2D eigenvalue weighted by atomic mass is 16.2. The Morgan fingerprint density at radius 2 is 2.10 bits per heavy atom. The summed E-state index contributed by atoms with van der Waals surface area (Å²) in [6.07, 6.45) is 3.98. The van der Waals surface area contributed by atoms with Gasteiger partial charge in [-0.15, -0.1) is 0 Å². The Morgan fingerprint density at radius 1 is 1.45 bits per heavy atom. The summed E-state index contributed by atoms with van der Waals surface area (Å²) >= 11 is 0. The van der Waals surface area contributed by atoms with Crippen LogP contribution >= 0.6 is 0 Å². The summed E-state index contributed by atoms with van der Waals surface area (Å²) < 4.78 is 0. The molecule has 3 N–H and O–H groups in total. The summed E-state index contributed by atoms with van der Waals surface area (Å²) in [6, 6.07) is 8.15. The van der Waals surface area contributed by atoms with Gasteiger partial charge in [0.05, 0.1) is 5.41 Å². The van der Waals surface area contributed by atoms with Crippen molar-refractivity contribution in [1.29, 1.82) is 0 Å². The van der Waals surface area contributed by atoms with Crippen LogP contribution in [0.1, 0.15) is 57.9 Å². The molecule has 0 spiro atoms. The van der Waals surface area contributed by atoms with E-state index in [1.54, 1.807) is 0 Å². The lowest BCUT2D eigenvalue weighted by Crippen LogP contribution is -2.44. The van der Waals surface area contributed by atoms with E-state index in [4.69, 9.17) is 5.73 Å². The third-order valence-electron chi connectivity index (χ3n) is 4.90. The van der Waals surface area contributed by atoms with Gasteiger partial charge in [0.15, 0.2) is 0 Å². The van der Waals surface area contributed by atoms with Gasteiger partial charge in [-0.25, -0.2) is 0 Å². The quantitative estimate of drug-likeness (QED) is 0.880. The van der Waals surface area contributed by atoms with Crippen LogP contribution in [-0.4, -0.2) is 11.9 Å². The molecule has 3 nitrogen and oxygen atoms in total. The second-order valence-electron chi connectivity index (χ2n) is 6.30. The number of carbonyl (C=O) groups is 1. The molecular weight excluding hydrogens is 248 g/mol. The Labute approximate surface area is 121 Å². The number of anilines is 1. The van der Waals surface area contributed by atoms with Crippen LogP contribution in [0.15, 0.2) is 24.3 Å². The summed E-state index contributed by atoms with van der Waals surface area (Å²) in [6.45, 7) is 6.38. The fourth-order valence-corrected chi connectivity index (χ4v) is 2.88. The predicted molar refractivity (Wildman–Crippen MR) is 83.7 cm³/mol. The predicted octanol–water partition coefficient (Wildman–Crippen LogP) is 3.66. The highest BCUT2D eigenvalue weighted by Gasteiger charge is 2.42. The molecule has 1 fully saturated rings. The van der Waals surface area contributed by atoms with Crippen molar-refractivity contribution in [3.05, 3.63) is 29.8 Å². The molecule has 0 bridgehead atoms. The normalized spacial score (nSPS) is 27.3. The van der Waals surface area contributed by atoms with E-state index < -0.39 is 5.41 Å². The molecule has 1 saturated carbocycles. The summed E-state index contributed by atoms with van der Waals surface area (Å²) in [5.74, 6) is 0.610. The number of rotatable bonds is 4. The maximum Gasteiger partial charge on any atom is 0.231 e. The second kappa shape index (κ2) is 5.96. The van der Waals surface area contributed by atoms with Crippen LogP contribution in [-0.2, 0) is 4.79 Å². The van der Waals surface area contributed by atoms with Crippen molar-refractivity contribution in [2.45, 2.75) is 58.4 Å². The molecule has 1 aromatic rings. The zero-order chi connectivity index (χ0) is 14.8. The lowest BCUT2D eigenvalue weighted by molar-refractivity contribution is -0.125. The number of hydrogen-bond acceptors (Lipinski definition) is 2. The van der Waals surface area contributed by atoms with Crippen molar-refractivity contribution in [3.63, 3.8) is 0 Å². The molecular formula is C17H26N2O. The van der Waals surface area contributed by atoms with Gasteiger partial charge in [-0.2, -0.15) is 0 Å². The summed E-state index contributed by atoms with van der Waals surface area (Å²) in [5, 5.41) is 3.02. The number of amides is 1. The van der Waals surface area contributed by atoms with Crippen molar-refractivity contribution in [2.75, 3.05) is 5.32 Å². The minimum absolute atomic E-state index is 0.0260. The van der Waals surface area contributed by atoms with Crippen LogP contribution in [0.4, 0.5) is 5.69 Å². The van der Waals surface area contributed by atoms with Gasteiger partial charge in [0.2, 0.25) is 5.91 Å². The minimum atomic E-state index is -0.421. The second-order valence-corrected chi connectivity index (χ2v) is 6.30. The van der Waals surface area contributed by atoms with Gasteiger partial charge in [0, 0.05) is 11.7 Å². The molecule has 0 radical (unpaired) electrons. The van der Waals surface area contributed by atoms with Crippen LogP contribution in [0.3, 0.4) is 0 Å². The fourth-order valence-electron chi connectivity index (χ4n) is 2.88. The zero-order valence-electron chi connectivity index (χ0n) is 12.8.